The molecule has 2 aromatic rings. The number of anilines is 2. The van der Waals surface area contributed by atoms with E-state index in [2.05, 4.69) is 15.6 Å². The molecule has 0 aliphatic carbocycles. The molecule has 8 nitrogen and oxygen atoms in total. The third kappa shape index (κ3) is 5.79. The molecule has 1 saturated heterocycles. The van der Waals surface area contributed by atoms with Crippen molar-refractivity contribution in [3.63, 3.8) is 0 Å². The first kappa shape index (κ1) is 25.3. The van der Waals surface area contributed by atoms with Crippen LogP contribution in [0.2, 0.25) is 0 Å². The molecule has 0 spiro atoms. The minimum atomic E-state index is -4.44. The van der Waals surface area contributed by atoms with Gasteiger partial charge in [-0.3, -0.25) is 10.1 Å². The summed E-state index contributed by atoms with van der Waals surface area (Å²) in [6.07, 6.45) is 1.48. The number of nitrogens with zero attached hydrogens (tertiary/aromatic N) is 3. The molecular formula is C22H24F3N5O3S. The average Bonchev–Trinajstić information content (AvgIpc) is 2.87. The molecule has 0 bridgehead atoms. The van der Waals surface area contributed by atoms with Gasteiger partial charge in [0.05, 0.1) is 5.69 Å². The first-order chi connectivity index (χ1) is 15.8. The van der Waals surface area contributed by atoms with Gasteiger partial charge < -0.3 is 10.2 Å². The average molecular weight is 496 g/mol. The van der Waals surface area contributed by atoms with Crippen molar-refractivity contribution in [2.75, 3.05) is 10.2 Å². The molecule has 0 unspecified atom stereocenters. The number of nitrogens with one attached hydrogen (secondary N) is 2. The fourth-order valence-corrected chi connectivity index (χ4v) is 3.90. The van der Waals surface area contributed by atoms with Crippen LogP contribution < -0.4 is 15.5 Å². The summed E-state index contributed by atoms with van der Waals surface area (Å²) in [4.78, 5) is 44.5. The Bertz CT molecular complexity index is 1090. The van der Waals surface area contributed by atoms with Crippen LogP contribution in [-0.4, -0.2) is 44.9 Å². The number of amides is 5. The summed E-state index contributed by atoms with van der Waals surface area (Å²) in [6.45, 7) is 6.88. The molecule has 5 amide bonds. The van der Waals surface area contributed by atoms with E-state index in [9.17, 15) is 27.6 Å². The van der Waals surface area contributed by atoms with Crippen LogP contribution in [0.1, 0.15) is 33.3 Å². The summed E-state index contributed by atoms with van der Waals surface area (Å²) in [6, 6.07) is 7.21. The Balaban J connectivity index is 1.79. The SMILES string of the molecule is CC(C)NC(=O)Nc1cc(CN2C(=O)N(c3ccc(SC(F)(F)F)cc3)C(=O)C2(C)C)ccn1. The van der Waals surface area contributed by atoms with Crippen molar-refractivity contribution >= 4 is 41.2 Å². The number of halogens is 3. The van der Waals surface area contributed by atoms with Crippen LogP contribution >= 0.6 is 11.8 Å². The Kier molecular flexibility index (Phi) is 7.10. The Morgan fingerprint density at radius 3 is 2.38 bits per heavy atom. The minimum Gasteiger partial charge on any atom is -0.336 e. The third-order valence-electron chi connectivity index (χ3n) is 4.98. The molecule has 0 atom stereocenters. The van der Waals surface area contributed by atoms with Crippen LogP contribution in [0.15, 0.2) is 47.5 Å². The molecule has 1 aromatic heterocycles. The van der Waals surface area contributed by atoms with Crippen molar-refractivity contribution in [1.82, 2.24) is 15.2 Å². The van der Waals surface area contributed by atoms with E-state index in [0.717, 1.165) is 4.90 Å². The minimum absolute atomic E-state index is 0.0511. The van der Waals surface area contributed by atoms with E-state index in [1.807, 2.05) is 13.8 Å². The molecule has 1 aromatic carbocycles. The molecule has 2 heterocycles. The van der Waals surface area contributed by atoms with E-state index in [0.29, 0.717) is 5.56 Å². The van der Waals surface area contributed by atoms with Crippen LogP contribution in [-0.2, 0) is 11.3 Å². The van der Waals surface area contributed by atoms with E-state index < -0.39 is 29.0 Å². The summed E-state index contributed by atoms with van der Waals surface area (Å²) in [5, 5.41) is 5.29. The summed E-state index contributed by atoms with van der Waals surface area (Å²) < 4.78 is 37.8. The van der Waals surface area contributed by atoms with Crippen molar-refractivity contribution < 1.29 is 27.6 Å². The molecule has 0 radical (unpaired) electrons. The van der Waals surface area contributed by atoms with E-state index in [4.69, 9.17) is 0 Å². The van der Waals surface area contributed by atoms with Gasteiger partial charge in [-0.15, -0.1) is 0 Å². The first-order valence-corrected chi connectivity index (χ1v) is 11.1. The van der Waals surface area contributed by atoms with Gasteiger partial charge in [0.2, 0.25) is 0 Å². The normalized spacial score (nSPS) is 15.8. The van der Waals surface area contributed by atoms with Crippen LogP contribution in [0.4, 0.5) is 34.3 Å². The van der Waals surface area contributed by atoms with E-state index in [1.165, 1.54) is 35.4 Å². The zero-order valence-corrected chi connectivity index (χ0v) is 19.8. The van der Waals surface area contributed by atoms with Gasteiger partial charge in [0.15, 0.2) is 0 Å². The maximum Gasteiger partial charge on any atom is 0.446 e. The van der Waals surface area contributed by atoms with Crippen molar-refractivity contribution in [1.29, 1.82) is 0 Å². The second kappa shape index (κ2) is 9.53. The molecular weight excluding hydrogens is 471 g/mol. The maximum absolute atomic E-state index is 13.2. The predicted octanol–water partition coefficient (Wildman–Crippen LogP) is 4.97. The number of carbonyl (C=O) groups is 3. The quantitative estimate of drug-likeness (QED) is 0.436. The van der Waals surface area contributed by atoms with Crippen molar-refractivity contribution in [3.05, 3.63) is 48.2 Å². The fraction of sp³-hybridized carbons (Fsp3) is 0.364. The molecule has 3 rings (SSSR count). The second-order valence-electron chi connectivity index (χ2n) is 8.41. The third-order valence-corrected chi connectivity index (χ3v) is 5.72. The zero-order valence-electron chi connectivity index (χ0n) is 18.9. The van der Waals surface area contributed by atoms with Gasteiger partial charge >= 0.3 is 17.6 Å². The van der Waals surface area contributed by atoms with Crippen LogP contribution in [0.5, 0.6) is 0 Å². The monoisotopic (exact) mass is 495 g/mol. The molecule has 34 heavy (non-hydrogen) atoms. The summed E-state index contributed by atoms with van der Waals surface area (Å²) >= 11 is -0.275. The Labute approximate surface area is 198 Å². The van der Waals surface area contributed by atoms with Gasteiger partial charge in [-0.2, -0.15) is 13.2 Å². The Morgan fingerprint density at radius 1 is 1.15 bits per heavy atom. The topological polar surface area (TPSA) is 94.6 Å². The lowest BCUT2D eigenvalue weighted by atomic mass is 10.0. The molecule has 1 aliphatic rings. The van der Waals surface area contributed by atoms with Gasteiger partial charge in [-0.05, 0) is 81.4 Å². The van der Waals surface area contributed by atoms with E-state index >= 15 is 0 Å². The standard InChI is InChI=1S/C22H24F3N5O3S/c1-13(2)27-19(32)28-17-11-14(9-10-26-17)12-29-20(33)30(18(31)21(29,3)4)15-5-7-16(8-6-15)34-22(23,24)25/h5-11,13H,12H2,1-4H3,(H2,26,27,28,32). The highest BCUT2D eigenvalue weighted by atomic mass is 32.2. The summed E-state index contributed by atoms with van der Waals surface area (Å²) in [5.41, 5.74) is -4.84. The number of aromatic nitrogens is 1. The number of hydrogen-bond acceptors (Lipinski definition) is 5. The predicted molar refractivity (Wildman–Crippen MR) is 122 cm³/mol. The largest absolute Gasteiger partial charge is 0.446 e. The van der Waals surface area contributed by atoms with Crippen LogP contribution in [0.3, 0.4) is 0 Å². The summed E-state index contributed by atoms with van der Waals surface area (Å²) in [5.74, 6) is -0.224. The van der Waals surface area contributed by atoms with Gasteiger partial charge in [-0.1, -0.05) is 0 Å². The van der Waals surface area contributed by atoms with Crippen molar-refractivity contribution in [2.24, 2.45) is 0 Å². The molecule has 182 valence electrons. The second-order valence-corrected chi connectivity index (χ2v) is 9.55. The van der Waals surface area contributed by atoms with Gasteiger partial charge in [-0.25, -0.2) is 19.5 Å². The van der Waals surface area contributed by atoms with E-state index in [1.54, 1.807) is 26.0 Å². The highest BCUT2D eigenvalue weighted by Crippen LogP contribution is 2.38. The number of urea groups is 2. The number of rotatable bonds is 6. The highest BCUT2D eigenvalue weighted by molar-refractivity contribution is 8.00. The number of thioether (sulfide) groups is 1. The van der Waals surface area contributed by atoms with Crippen molar-refractivity contribution in [3.8, 4) is 0 Å². The first-order valence-electron chi connectivity index (χ1n) is 10.3. The zero-order chi connectivity index (χ0) is 25.3. The number of alkyl halides is 3. The lowest BCUT2D eigenvalue weighted by Gasteiger charge is -2.27. The molecule has 1 aliphatic heterocycles. The highest BCUT2D eigenvalue weighted by Gasteiger charge is 2.51. The lowest BCUT2D eigenvalue weighted by molar-refractivity contribution is -0.123. The smallest absolute Gasteiger partial charge is 0.336 e. The maximum atomic E-state index is 13.2. The Morgan fingerprint density at radius 2 is 1.79 bits per heavy atom. The van der Waals surface area contributed by atoms with Crippen LogP contribution in [0.25, 0.3) is 0 Å². The fourth-order valence-electron chi connectivity index (χ4n) is 3.36. The lowest BCUT2D eigenvalue weighted by Crippen LogP contribution is -2.43. The van der Waals surface area contributed by atoms with Gasteiger partial charge in [0.25, 0.3) is 5.91 Å². The Hall–Kier alpha value is -3.28. The molecule has 12 heteroatoms. The number of imide groups is 1. The number of hydrogen-bond donors (Lipinski definition) is 2. The van der Waals surface area contributed by atoms with Gasteiger partial charge in [0.1, 0.15) is 11.4 Å². The number of carbonyl (C=O) groups excluding carboxylic acids is 3. The molecule has 2 N–H and O–H groups in total. The number of benzene rings is 1. The molecule has 0 saturated carbocycles. The molecule has 1 fully saturated rings. The van der Waals surface area contributed by atoms with E-state index in [-0.39, 0.29) is 40.7 Å². The summed E-state index contributed by atoms with van der Waals surface area (Å²) in [7, 11) is 0. The van der Waals surface area contributed by atoms with Gasteiger partial charge in [0, 0.05) is 23.7 Å². The van der Waals surface area contributed by atoms with Crippen molar-refractivity contribution in [2.45, 2.75) is 56.2 Å². The van der Waals surface area contributed by atoms with Crippen LogP contribution in [0, 0.1) is 0 Å². The number of pyridine rings is 1.